The fourth-order valence-electron chi connectivity index (χ4n) is 3.83. The van der Waals surface area contributed by atoms with Gasteiger partial charge in [0, 0.05) is 11.8 Å². The molecule has 0 bridgehead atoms. The normalized spacial score (nSPS) is 12.7. The molecule has 1 N–H and O–H groups in total. The molecule has 2 heterocycles. The van der Waals surface area contributed by atoms with Crippen LogP contribution < -0.4 is 10.2 Å². The number of fused-ring (bicyclic) bond motifs is 1. The van der Waals surface area contributed by atoms with E-state index in [0.717, 1.165) is 10.5 Å². The van der Waals surface area contributed by atoms with E-state index >= 15 is 0 Å². The summed E-state index contributed by atoms with van der Waals surface area (Å²) in [6.07, 6.45) is 1.80. The highest BCUT2D eigenvalue weighted by Crippen LogP contribution is 2.29. The van der Waals surface area contributed by atoms with Crippen LogP contribution >= 0.6 is 15.9 Å². The summed E-state index contributed by atoms with van der Waals surface area (Å²) in [6.45, 7) is 2.59. The molecule has 0 spiro atoms. The van der Waals surface area contributed by atoms with Gasteiger partial charge in [0.2, 0.25) is 0 Å². The van der Waals surface area contributed by atoms with Crippen LogP contribution in [0.15, 0.2) is 83.5 Å². The molecule has 0 saturated heterocycles. The van der Waals surface area contributed by atoms with Gasteiger partial charge in [-0.05, 0) is 58.7 Å². The van der Waals surface area contributed by atoms with Crippen molar-refractivity contribution in [3.63, 3.8) is 0 Å². The zero-order valence-electron chi connectivity index (χ0n) is 18.2. The average molecular weight is 515 g/mol. The molecule has 0 unspecified atom stereocenters. The van der Waals surface area contributed by atoms with Crippen molar-refractivity contribution >= 4 is 45.2 Å². The highest BCUT2D eigenvalue weighted by atomic mass is 79.9. The maximum absolute atomic E-state index is 13.0. The molecular formula is C26H19BrN4O3. The number of imide groups is 1. The molecule has 0 aliphatic carbocycles. The topological polar surface area (TPSA) is 84.3 Å². The summed E-state index contributed by atoms with van der Waals surface area (Å²) in [5.41, 5.74) is 3.61. The summed E-state index contributed by atoms with van der Waals surface area (Å²) in [5, 5.41) is 7.26. The Bertz CT molecular complexity index is 1410. The first-order chi connectivity index (χ1) is 16.4. The number of halogens is 1. The minimum atomic E-state index is -0.407. The number of hydrogen-bond donors (Lipinski definition) is 1. The van der Waals surface area contributed by atoms with Gasteiger partial charge in [0.15, 0.2) is 5.82 Å². The minimum absolute atomic E-state index is 0.300. The summed E-state index contributed by atoms with van der Waals surface area (Å²) in [5.74, 6) is -0.838. The Morgan fingerprint density at radius 2 is 1.62 bits per heavy atom. The Balaban J connectivity index is 1.34. The van der Waals surface area contributed by atoms with Crippen LogP contribution in [0.3, 0.4) is 0 Å². The first-order valence-electron chi connectivity index (χ1n) is 10.6. The van der Waals surface area contributed by atoms with Gasteiger partial charge < -0.3 is 5.32 Å². The minimum Gasteiger partial charge on any atom is -0.304 e. The number of rotatable bonds is 5. The van der Waals surface area contributed by atoms with E-state index in [1.54, 1.807) is 53.3 Å². The van der Waals surface area contributed by atoms with Crippen LogP contribution in [-0.2, 0) is 6.54 Å². The second-order valence-electron chi connectivity index (χ2n) is 8.00. The van der Waals surface area contributed by atoms with Gasteiger partial charge in [-0.25, -0.2) is 4.90 Å². The number of hydrogen-bond acceptors (Lipinski definition) is 4. The SMILES string of the molecule is Cc1ccc(Cn2cc(Br)c(NC(=O)c3cccc(N4C(=O)c5ccccc5C4=O)c3)n2)cc1. The molecular weight excluding hydrogens is 496 g/mol. The highest BCUT2D eigenvalue weighted by Gasteiger charge is 2.36. The molecule has 8 heteroatoms. The number of amides is 3. The van der Waals surface area contributed by atoms with E-state index in [-0.39, 0.29) is 0 Å². The van der Waals surface area contributed by atoms with Gasteiger partial charge in [-0.1, -0.05) is 48.0 Å². The van der Waals surface area contributed by atoms with E-state index < -0.39 is 17.7 Å². The lowest BCUT2D eigenvalue weighted by atomic mass is 10.1. The van der Waals surface area contributed by atoms with E-state index in [4.69, 9.17) is 0 Å². The van der Waals surface area contributed by atoms with Crippen LogP contribution in [0, 0.1) is 6.92 Å². The van der Waals surface area contributed by atoms with Crippen molar-refractivity contribution in [2.45, 2.75) is 13.5 Å². The number of aromatic nitrogens is 2. The lowest BCUT2D eigenvalue weighted by Crippen LogP contribution is -2.29. The van der Waals surface area contributed by atoms with Crippen molar-refractivity contribution < 1.29 is 14.4 Å². The largest absolute Gasteiger partial charge is 0.304 e. The summed E-state index contributed by atoms with van der Waals surface area (Å²) in [7, 11) is 0. The molecule has 1 aliphatic rings. The molecule has 0 radical (unpaired) electrons. The molecule has 5 rings (SSSR count). The fourth-order valence-corrected chi connectivity index (χ4v) is 4.25. The van der Waals surface area contributed by atoms with Gasteiger partial charge in [-0.2, -0.15) is 5.10 Å². The second-order valence-corrected chi connectivity index (χ2v) is 8.86. The Morgan fingerprint density at radius 3 is 2.29 bits per heavy atom. The molecule has 0 saturated carbocycles. The Hall–Kier alpha value is -4.04. The molecule has 3 amide bonds. The van der Waals surface area contributed by atoms with E-state index in [9.17, 15) is 14.4 Å². The quantitative estimate of drug-likeness (QED) is 0.377. The Morgan fingerprint density at radius 1 is 0.941 bits per heavy atom. The van der Waals surface area contributed by atoms with E-state index in [1.807, 2.05) is 31.2 Å². The number of carbonyl (C=O) groups is 3. The van der Waals surface area contributed by atoms with Crippen LogP contribution in [0.5, 0.6) is 0 Å². The molecule has 168 valence electrons. The van der Waals surface area contributed by atoms with Gasteiger partial charge in [-0.15, -0.1) is 0 Å². The maximum Gasteiger partial charge on any atom is 0.266 e. The van der Waals surface area contributed by atoms with Crippen molar-refractivity contribution in [2.75, 3.05) is 10.2 Å². The summed E-state index contributed by atoms with van der Waals surface area (Å²) in [6, 6.07) is 21.2. The van der Waals surface area contributed by atoms with Crippen LogP contribution in [0.4, 0.5) is 11.5 Å². The van der Waals surface area contributed by atoms with Crippen molar-refractivity contribution in [2.24, 2.45) is 0 Å². The third-order valence-electron chi connectivity index (χ3n) is 5.57. The third-order valence-corrected chi connectivity index (χ3v) is 6.16. The van der Waals surface area contributed by atoms with E-state index in [0.29, 0.717) is 39.2 Å². The highest BCUT2D eigenvalue weighted by molar-refractivity contribution is 9.10. The maximum atomic E-state index is 13.0. The number of nitrogens with zero attached hydrogens (tertiary/aromatic N) is 3. The molecule has 1 aromatic heterocycles. The van der Waals surface area contributed by atoms with Gasteiger partial charge in [0.05, 0.1) is 27.8 Å². The number of nitrogens with one attached hydrogen (secondary N) is 1. The Kier molecular flexibility index (Phi) is 5.59. The number of anilines is 2. The average Bonchev–Trinajstić information content (AvgIpc) is 3.31. The standard InChI is InChI=1S/C26H19BrN4O3/c1-16-9-11-17(12-10-16)14-30-15-22(27)23(29-30)28-24(32)18-5-4-6-19(13-18)31-25(33)20-7-2-3-8-21(20)26(31)34/h2-13,15H,14H2,1H3,(H,28,29,32). The van der Waals surface area contributed by atoms with Crippen LogP contribution in [0.1, 0.15) is 42.2 Å². The van der Waals surface area contributed by atoms with Gasteiger partial charge in [-0.3, -0.25) is 19.1 Å². The van der Waals surface area contributed by atoms with Gasteiger partial charge in [0.25, 0.3) is 17.7 Å². The van der Waals surface area contributed by atoms with Crippen molar-refractivity contribution in [3.8, 4) is 0 Å². The summed E-state index contributed by atoms with van der Waals surface area (Å²) >= 11 is 3.45. The fraction of sp³-hybridized carbons (Fsp3) is 0.0769. The van der Waals surface area contributed by atoms with E-state index in [2.05, 4.69) is 26.3 Å². The lowest BCUT2D eigenvalue weighted by molar-refractivity contribution is 0.0924. The molecule has 7 nitrogen and oxygen atoms in total. The second kappa shape index (κ2) is 8.72. The van der Waals surface area contributed by atoms with E-state index in [1.165, 1.54) is 11.6 Å². The molecule has 0 fully saturated rings. The number of benzene rings is 3. The lowest BCUT2D eigenvalue weighted by Gasteiger charge is -2.15. The predicted octanol–water partition coefficient (Wildman–Crippen LogP) is 5.06. The summed E-state index contributed by atoms with van der Waals surface area (Å²) < 4.78 is 2.38. The van der Waals surface area contributed by atoms with Crippen molar-refractivity contribution in [1.82, 2.24) is 9.78 Å². The monoisotopic (exact) mass is 514 g/mol. The molecule has 0 atom stereocenters. The number of carbonyl (C=O) groups excluding carboxylic acids is 3. The zero-order chi connectivity index (χ0) is 23.8. The first kappa shape index (κ1) is 21.8. The van der Waals surface area contributed by atoms with Crippen molar-refractivity contribution in [1.29, 1.82) is 0 Å². The van der Waals surface area contributed by atoms with Gasteiger partial charge in [0.1, 0.15) is 0 Å². The van der Waals surface area contributed by atoms with Gasteiger partial charge >= 0.3 is 0 Å². The van der Waals surface area contributed by atoms with Crippen LogP contribution in [-0.4, -0.2) is 27.5 Å². The smallest absolute Gasteiger partial charge is 0.266 e. The van der Waals surface area contributed by atoms with Crippen molar-refractivity contribution in [3.05, 3.63) is 111 Å². The number of aryl methyl sites for hydroxylation is 1. The zero-order valence-corrected chi connectivity index (χ0v) is 19.7. The van der Waals surface area contributed by atoms with Crippen LogP contribution in [0.2, 0.25) is 0 Å². The molecule has 1 aliphatic heterocycles. The third kappa shape index (κ3) is 4.04. The van der Waals surface area contributed by atoms with Crippen LogP contribution in [0.25, 0.3) is 0 Å². The first-order valence-corrected chi connectivity index (χ1v) is 11.4. The molecule has 4 aromatic rings. The predicted molar refractivity (Wildman–Crippen MR) is 132 cm³/mol. The summed E-state index contributed by atoms with van der Waals surface area (Å²) in [4.78, 5) is 39.6. The Labute approximate surface area is 204 Å². The molecule has 34 heavy (non-hydrogen) atoms. The molecule has 3 aromatic carbocycles.